The Morgan fingerprint density at radius 3 is 2.00 bits per heavy atom. The highest BCUT2D eigenvalue weighted by molar-refractivity contribution is 7.93. The van der Waals surface area contributed by atoms with E-state index in [9.17, 15) is 54.2 Å². The molecule has 2 heterocycles. The number of benzene rings is 2. The van der Waals surface area contributed by atoms with E-state index in [4.69, 9.17) is 0 Å². The lowest BCUT2D eigenvalue weighted by Crippen LogP contribution is -2.55. The van der Waals surface area contributed by atoms with Crippen molar-refractivity contribution in [1.82, 2.24) is 4.90 Å². The van der Waals surface area contributed by atoms with Gasteiger partial charge in [-0.2, -0.15) is 26.3 Å². The summed E-state index contributed by atoms with van der Waals surface area (Å²) >= 11 is 0. The average molecular weight is 585 g/mol. The smallest absolute Gasteiger partial charge is 0.393 e. The number of alkyl halides is 6. The average Bonchev–Trinajstić information content (AvgIpc) is 2.86. The number of hydrogen-bond donors (Lipinski definition) is 2. The largest absolute Gasteiger partial charge is 0.430 e. The molecule has 7 nitrogen and oxygen atoms in total. The van der Waals surface area contributed by atoms with Crippen LogP contribution < -0.4 is 4.31 Å². The number of halogens is 7. The maximum atomic E-state index is 13.7. The lowest BCUT2D eigenvalue weighted by Gasteiger charge is -2.41. The summed E-state index contributed by atoms with van der Waals surface area (Å²) in [5.41, 5.74) is -7.41. The second-order valence-electron chi connectivity index (χ2n) is 9.42. The van der Waals surface area contributed by atoms with Crippen molar-refractivity contribution in [3.63, 3.8) is 0 Å². The van der Waals surface area contributed by atoms with E-state index in [1.807, 2.05) is 0 Å². The van der Waals surface area contributed by atoms with Gasteiger partial charge in [-0.1, -0.05) is 12.1 Å². The van der Waals surface area contributed by atoms with Crippen LogP contribution in [0.5, 0.6) is 0 Å². The third kappa shape index (κ3) is 5.07. The van der Waals surface area contributed by atoms with E-state index >= 15 is 0 Å². The number of likely N-dealkylation sites (tertiary alicyclic amines) is 1. The highest BCUT2D eigenvalue weighted by Crippen LogP contribution is 2.51. The SMILES string of the molecule is O=C(C1CCc2cc(C(O)(C(F)(F)F)C(F)(F)F)ccc2N1S(=O)(=O)c1ccc(F)cc1)N1CCC(O)CC1. The highest BCUT2D eigenvalue weighted by atomic mass is 32.2. The van der Waals surface area contributed by atoms with Gasteiger partial charge in [0, 0.05) is 18.7 Å². The molecule has 1 fully saturated rings. The van der Waals surface area contributed by atoms with Crippen LogP contribution in [0.3, 0.4) is 0 Å². The Morgan fingerprint density at radius 1 is 0.897 bits per heavy atom. The maximum absolute atomic E-state index is 13.7. The van der Waals surface area contributed by atoms with Crippen molar-refractivity contribution in [3.8, 4) is 0 Å². The topological polar surface area (TPSA) is 98.2 Å². The summed E-state index contributed by atoms with van der Waals surface area (Å²) in [5.74, 6) is -1.43. The molecule has 1 saturated heterocycles. The fourth-order valence-electron chi connectivity index (χ4n) is 4.83. The molecule has 0 radical (unpaired) electrons. The zero-order chi connectivity index (χ0) is 29.0. The van der Waals surface area contributed by atoms with Crippen molar-refractivity contribution in [2.45, 2.75) is 60.7 Å². The summed E-state index contributed by atoms with van der Waals surface area (Å²) in [6, 6.07) is 3.54. The number of carbonyl (C=O) groups is 1. The van der Waals surface area contributed by atoms with Gasteiger partial charge in [-0.05, 0) is 61.6 Å². The Kier molecular flexibility index (Phi) is 7.40. The Bertz CT molecular complexity index is 1320. The van der Waals surface area contributed by atoms with Crippen LogP contribution in [-0.2, 0) is 26.8 Å². The monoisotopic (exact) mass is 584 g/mol. The summed E-state index contributed by atoms with van der Waals surface area (Å²) in [7, 11) is -4.68. The Morgan fingerprint density at radius 2 is 1.46 bits per heavy atom. The first kappa shape index (κ1) is 29.1. The van der Waals surface area contributed by atoms with Gasteiger partial charge in [-0.15, -0.1) is 0 Å². The van der Waals surface area contributed by atoms with Crippen LogP contribution in [0.25, 0.3) is 0 Å². The van der Waals surface area contributed by atoms with Gasteiger partial charge in [-0.25, -0.2) is 12.8 Å². The van der Waals surface area contributed by atoms with Crippen molar-refractivity contribution < 1.29 is 54.2 Å². The second kappa shape index (κ2) is 9.93. The number of piperidine rings is 1. The zero-order valence-corrected chi connectivity index (χ0v) is 20.8. The number of hydrogen-bond acceptors (Lipinski definition) is 5. The van der Waals surface area contributed by atoms with Crippen molar-refractivity contribution >= 4 is 21.6 Å². The van der Waals surface area contributed by atoms with Crippen LogP contribution >= 0.6 is 0 Å². The molecule has 1 amide bonds. The first-order valence-corrected chi connectivity index (χ1v) is 13.2. The number of anilines is 1. The molecule has 39 heavy (non-hydrogen) atoms. The van der Waals surface area contributed by atoms with E-state index in [0.717, 1.165) is 24.3 Å². The molecule has 2 aromatic rings. The molecule has 0 bridgehead atoms. The quantitative estimate of drug-likeness (QED) is 0.536. The molecule has 4 rings (SSSR count). The number of aryl methyl sites for hydroxylation is 1. The Balaban J connectivity index is 1.84. The Labute approximate surface area is 218 Å². The molecule has 0 saturated carbocycles. The van der Waals surface area contributed by atoms with E-state index in [-0.39, 0.29) is 50.0 Å². The first-order chi connectivity index (χ1) is 18.0. The maximum Gasteiger partial charge on any atom is 0.430 e. The second-order valence-corrected chi connectivity index (χ2v) is 11.2. The summed E-state index contributed by atoms with van der Waals surface area (Å²) in [6.45, 7) is 0.216. The van der Waals surface area contributed by atoms with Crippen molar-refractivity contribution in [2.75, 3.05) is 17.4 Å². The van der Waals surface area contributed by atoms with Gasteiger partial charge in [0.25, 0.3) is 15.6 Å². The molecular formula is C24H23F7N2O5S. The number of rotatable bonds is 4. The highest BCUT2D eigenvalue weighted by Gasteiger charge is 2.71. The van der Waals surface area contributed by atoms with E-state index < -0.39 is 62.3 Å². The molecule has 214 valence electrons. The van der Waals surface area contributed by atoms with Gasteiger partial charge < -0.3 is 15.1 Å². The summed E-state index contributed by atoms with van der Waals surface area (Å²) < 4.78 is 122. The summed E-state index contributed by atoms with van der Waals surface area (Å²) in [5, 5.41) is 19.6. The minimum absolute atomic E-state index is 0.108. The minimum atomic E-state index is -6.15. The molecule has 1 unspecified atom stereocenters. The van der Waals surface area contributed by atoms with Crippen LogP contribution in [0.15, 0.2) is 47.4 Å². The number of amides is 1. The number of aliphatic hydroxyl groups excluding tert-OH is 1. The fraction of sp³-hybridized carbons (Fsp3) is 0.458. The molecule has 15 heteroatoms. The van der Waals surface area contributed by atoms with E-state index in [1.165, 1.54) is 4.90 Å². The standard InChI is InChI=1S/C24H23F7N2O5S/c25-16-3-5-18(6-4-16)39(37,38)33-19-8-2-15(22(36,23(26,27)28)24(29,30)31)13-14(19)1-7-20(33)21(35)32-11-9-17(34)10-12-32/h2-6,8,13,17,20,34,36H,1,7,9-12H2. The Hall–Kier alpha value is -2.91. The molecule has 2 aliphatic heterocycles. The van der Waals surface area contributed by atoms with Crippen LogP contribution in [0.1, 0.15) is 30.4 Å². The summed E-state index contributed by atoms with van der Waals surface area (Å²) in [6.07, 6.45) is -13.1. The molecule has 0 spiro atoms. The van der Waals surface area contributed by atoms with Gasteiger partial charge in [0.1, 0.15) is 11.9 Å². The predicted molar refractivity (Wildman–Crippen MR) is 122 cm³/mol. The van der Waals surface area contributed by atoms with Gasteiger partial charge in [0.05, 0.1) is 16.7 Å². The number of fused-ring (bicyclic) bond motifs is 1. The molecule has 1 atom stereocenters. The molecule has 2 N–H and O–H groups in total. The number of aliphatic hydroxyl groups is 2. The third-order valence-electron chi connectivity index (χ3n) is 6.96. The normalized spacial score (nSPS) is 19.7. The number of sulfonamides is 1. The number of nitrogens with zero attached hydrogens (tertiary/aromatic N) is 2. The van der Waals surface area contributed by atoms with Crippen LogP contribution in [-0.4, -0.2) is 67.0 Å². The lowest BCUT2D eigenvalue weighted by atomic mass is 9.87. The molecular weight excluding hydrogens is 561 g/mol. The van der Waals surface area contributed by atoms with Gasteiger partial charge >= 0.3 is 12.4 Å². The van der Waals surface area contributed by atoms with E-state index in [0.29, 0.717) is 22.5 Å². The predicted octanol–water partition coefficient (Wildman–Crippen LogP) is 3.63. The molecule has 2 aliphatic rings. The van der Waals surface area contributed by atoms with E-state index in [2.05, 4.69) is 0 Å². The van der Waals surface area contributed by atoms with Crippen LogP contribution in [0, 0.1) is 5.82 Å². The minimum Gasteiger partial charge on any atom is -0.393 e. The van der Waals surface area contributed by atoms with Crippen LogP contribution in [0.4, 0.5) is 36.4 Å². The molecule has 2 aromatic carbocycles. The van der Waals surface area contributed by atoms with Gasteiger partial charge in [-0.3, -0.25) is 9.10 Å². The first-order valence-electron chi connectivity index (χ1n) is 11.7. The van der Waals surface area contributed by atoms with Crippen molar-refractivity contribution in [1.29, 1.82) is 0 Å². The van der Waals surface area contributed by atoms with Crippen molar-refractivity contribution in [2.24, 2.45) is 0 Å². The zero-order valence-electron chi connectivity index (χ0n) is 20.0. The van der Waals surface area contributed by atoms with Crippen molar-refractivity contribution in [3.05, 3.63) is 59.4 Å². The van der Waals surface area contributed by atoms with Gasteiger partial charge in [0.2, 0.25) is 5.91 Å². The van der Waals surface area contributed by atoms with Gasteiger partial charge in [0.15, 0.2) is 0 Å². The van der Waals surface area contributed by atoms with Crippen LogP contribution in [0.2, 0.25) is 0 Å². The third-order valence-corrected chi connectivity index (χ3v) is 8.79. The number of carbonyl (C=O) groups excluding carboxylic acids is 1. The fourth-order valence-corrected chi connectivity index (χ4v) is 6.50. The lowest BCUT2D eigenvalue weighted by molar-refractivity contribution is -0.376. The van der Waals surface area contributed by atoms with E-state index in [1.54, 1.807) is 0 Å². The molecule has 0 aliphatic carbocycles. The molecule has 0 aromatic heterocycles. The summed E-state index contributed by atoms with van der Waals surface area (Å²) in [4.78, 5) is 14.3.